The average molecular weight is 133 g/mol. The van der Waals surface area contributed by atoms with Crippen molar-refractivity contribution in [3.63, 3.8) is 0 Å². The molecule has 1 unspecified atom stereocenters. The summed E-state index contributed by atoms with van der Waals surface area (Å²) >= 11 is 1.81. The van der Waals surface area contributed by atoms with Gasteiger partial charge in [0.2, 0.25) is 0 Å². The van der Waals surface area contributed by atoms with E-state index in [9.17, 15) is 0 Å². The third-order valence-electron chi connectivity index (χ3n) is 1.01. The molecule has 0 aliphatic heterocycles. The number of hydrogen-bond donors (Lipinski definition) is 1. The standard InChI is InChI=1S/C6H15NS/c1-4-5-6(2)8-7-3/h6-7H,4-5H2,1-3H3. The average Bonchev–Trinajstić information content (AvgIpc) is 1.68. The van der Waals surface area contributed by atoms with E-state index in [1.165, 1.54) is 12.8 Å². The van der Waals surface area contributed by atoms with Gasteiger partial charge in [-0.3, -0.25) is 4.72 Å². The van der Waals surface area contributed by atoms with Crippen molar-refractivity contribution in [2.75, 3.05) is 7.05 Å². The first-order valence-corrected chi connectivity index (χ1v) is 4.01. The second-order valence-electron chi connectivity index (χ2n) is 1.92. The lowest BCUT2D eigenvalue weighted by Crippen LogP contribution is -2.03. The molecule has 0 saturated carbocycles. The van der Waals surface area contributed by atoms with Gasteiger partial charge in [0.15, 0.2) is 0 Å². The molecular weight excluding hydrogens is 118 g/mol. The Kier molecular flexibility index (Phi) is 5.66. The molecule has 0 rings (SSSR count). The van der Waals surface area contributed by atoms with Crippen molar-refractivity contribution in [2.45, 2.75) is 31.9 Å². The Morgan fingerprint density at radius 3 is 2.62 bits per heavy atom. The fourth-order valence-electron chi connectivity index (χ4n) is 0.667. The van der Waals surface area contributed by atoms with Gasteiger partial charge in [-0.2, -0.15) is 0 Å². The number of nitrogens with one attached hydrogen (secondary N) is 1. The van der Waals surface area contributed by atoms with Crippen molar-refractivity contribution in [2.24, 2.45) is 0 Å². The maximum atomic E-state index is 3.07. The smallest absolute Gasteiger partial charge is 0.0164 e. The summed E-state index contributed by atoms with van der Waals surface area (Å²) in [7, 11) is 1.97. The molecule has 0 heterocycles. The number of rotatable bonds is 4. The maximum absolute atomic E-state index is 3.07. The highest BCUT2D eigenvalue weighted by Gasteiger charge is 1.96. The van der Waals surface area contributed by atoms with Crippen LogP contribution < -0.4 is 4.72 Å². The number of hydrogen-bond acceptors (Lipinski definition) is 2. The minimum absolute atomic E-state index is 0.769. The summed E-state index contributed by atoms with van der Waals surface area (Å²) in [6, 6.07) is 0. The van der Waals surface area contributed by atoms with Crippen molar-refractivity contribution in [1.29, 1.82) is 0 Å². The maximum Gasteiger partial charge on any atom is 0.0164 e. The summed E-state index contributed by atoms with van der Waals surface area (Å²) in [6.45, 7) is 4.46. The van der Waals surface area contributed by atoms with E-state index in [1.54, 1.807) is 11.9 Å². The lowest BCUT2D eigenvalue weighted by atomic mass is 10.3. The van der Waals surface area contributed by atoms with E-state index in [1.807, 2.05) is 7.05 Å². The Morgan fingerprint density at radius 1 is 1.62 bits per heavy atom. The zero-order chi connectivity index (χ0) is 6.41. The first-order valence-electron chi connectivity index (χ1n) is 3.13. The van der Waals surface area contributed by atoms with Crippen LogP contribution in [0.15, 0.2) is 0 Å². The summed E-state index contributed by atoms with van der Waals surface area (Å²) in [4.78, 5) is 0. The predicted molar refractivity (Wildman–Crippen MR) is 41.0 cm³/mol. The van der Waals surface area contributed by atoms with E-state index in [2.05, 4.69) is 18.6 Å². The van der Waals surface area contributed by atoms with Crippen LogP contribution in [0.25, 0.3) is 0 Å². The van der Waals surface area contributed by atoms with Gasteiger partial charge >= 0.3 is 0 Å². The lowest BCUT2D eigenvalue weighted by molar-refractivity contribution is 0.784. The molecule has 0 aromatic heterocycles. The van der Waals surface area contributed by atoms with Crippen molar-refractivity contribution in [1.82, 2.24) is 4.72 Å². The molecule has 0 aliphatic rings. The van der Waals surface area contributed by atoms with Crippen LogP contribution in [0.2, 0.25) is 0 Å². The molecule has 0 aromatic carbocycles. The van der Waals surface area contributed by atoms with E-state index < -0.39 is 0 Å². The van der Waals surface area contributed by atoms with Crippen molar-refractivity contribution in [3.05, 3.63) is 0 Å². The van der Waals surface area contributed by atoms with Gasteiger partial charge in [-0.25, -0.2) is 0 Å². The molecule has 0 aromatic rings. The van der Waals surface area contributed by atoms with E-state index in [4.69, 9.17) is 0 Å². The Hall–Kier alpha value is 0.310. The fourth-order valence-corrected chi connectivity index (χ4v) is 1.42. The molecule has 1 nitrogen and oxygen atoms in total. The molecule has 0 amide bonds. The predicted octanol–water partition coefficient (Wildman–Crippen LogP) is 2.04. The quantitative estimate of drug-likeness (QED) is 0.589. The Morgan fingerprint density at radius 2 is 2.25 bits per heavy atom. The zero-order valence-electron chi connectivity index (χ0n) is 5.90. The van der Waals surface area contributed by atoms with Crippen molar-refractivity contribution in [3.8, 4) is 0 Å². The van der Waals surface area contributed by atoms with Crippen LogP contribution in [0.1, 0.15) is 26.7 Å². The monoisotopic (exact) mass is 133 g/mol. The van der Waals surface area contributed by atoms with Crippen LogP contribution in [0.5, 0.6) is 0 Å². The zero-order valence-corrected chi connectivity index (χ0v) is 6.72. The van der Waals surface area contributed by atoms with E-state index in [0.717, 1.165) is 5.25 Å². The van der Waals surface area contributed by atoms with Crippen LogP contribution in [0.4, 0.5) is 0 Å². The molecule has 1 atom stereocenters. The molecule has 0 aliphatic carbocycles. The van der Waals surface area contributed by atoms with Gasteiger partial charge in [0.05, 0.1) is 0 Å². The lowest BCUT2D eigenvalue weighted by Gasteiger charge is -2.05. The normalized spacial score (nSPS) is 13.9. The van der Waals surface area contributed by atoms with E-state index in [0.29, 0.717) is 0 Å². The van der Waals surface area contributed by atoms with Crippen molar-refractivity contribution >= 4 is 11.9 Å². The summed E-state index contributed by atoms with van der Waals surface area (Å²) in [5.74, 6) is 0. The first-order chi connectivity index (χ1) is 3.81. The fraction of sp³-hybridized carbons (Fsp3) is 1.00. The van der Waals surface area contributed by atoms with Crippen LogP contribution in [-0.4, -0.2) is 12.3 Å². The molecule has 0 fully saturated rings. The van der Waals surface area contributed by atoms with Crippen molar-refractivity contribution < 1.29 is 0 Å². The van der Waals surface area contributed by atoms with Gasteiger partial charge in [-0.15, -0.1) is 0 Å². The molecule has 0 bridgehead atoms. The Bertz CT molecular complexity index is 41.8. The largest absolute Gasteiger partial charge is 0.267 e. The molecule has 2 heteroatoms. The van der Waals surface area contributed by atoms with Gasteiger partial charge in [0, 0.05) is 5.25 Å². The van der Waals surface area contributed by atoms with E-state index >= 15 is 0 Å². The third-order valence-corrected chi connectivity index (χ3v) is 1.89. The highest BCUT2D eigenvalue weighted by atomic mass is 32.2. The topological polar surface area (TPSA) is 12.0 Å². The van der Waals surface area contributed by atoms with Gasteiger partial charge in [-0.05, 0) is 13.5 Å². The molecule has 50 valence electrons. The second-order valence-corrected chi connectivity index (χ2v) is 3.37. The first kappa shape index (κ1) is 8.31. The van der Waals surface area contributed by atoms with Crippen LogP contribution in [0, 0.1) is 0 Å². The molecular formula is C6H15NS. The molecule has 1 N–H and O–H groups in total. The SMILES string of the molecule is CCCC(C)SNC. The highest BCUT2D eigenvalue weighted by Crippen LogP contribution is 2.09. The molecule has 0 saturated heterocycles. The molecule has 8 heavy (non-hydrogen) atoms. The minimum atomic E-state index is 0.769. The summed E-state index contributed by atoms with van der Waals surface area (Å²) < 4.78 is 3.07. The van der Waals surface area contributed by atoms with Gasteiger partial charge in [0.1, 0.15) is 0 Å². The molecule has 0 spiro atoms. The Balaban J connectivity index is 2.92. The third kappa shape index (κ3) is 4.47. The van der Waals surface area contributed by atoms with E-state index in [-0.39, 0.29) is 0 Å². The minimum Gasteiger partial charge on any atom is -0.267 e. The summed E-state index contributed by atoms with van der Waals surface area (Å²) in [5, 5.41) is 0.769. The summed E-state index contributed by atoms with van der Waals surface area (Å²) in [5.41, 5.74) is 0. The van der Waals surface area contributed by atoms with Gasteiger partial charge < -0.3 is 0 Å². The highest BCUT2D eigenvalue weighted by molar-refractivity contribution is 7.97. The van der Waals surface area contributed by atoms with Crippen LogP contribution in [0.3, 0.4) is 0 Å². The molecule has 0 radical (unpaired) electrons. The van der Waals surface area contributed by atoms with Crippen LogP contribution >= 0.6 is 11.9 Å². The second kappa shape index (κ2) is 5.45. The van der Waals surface area contributed by atoms with Gasteiger partial charge in [-0.1, -0.05) is 32.2 Å². The van der Waals surface area contributed by atoms with Crippen LogP contribution in [-0.2, 0) is 0 Å². The Labute approximate surface area is 56.4 Å². The summed E-state index contributed by atoms with van der Waals surface area (Å²) in [6.07, 6.45) is 2.60. The van der Waals surface area contributed by atoms with Gasteiger partial charge in [0.25, 0.3) is 0 Å².